The molecule has 1 aliphatic rings. The van der Waals surface area contributed by atoms with Crippen LogP contribution in [0, 0.1) is 11.3 Å². The molecule has 8 heteroatoms. The minimum Gasteiger partial charge on any atom is -0.358 e. The van der Waals surface area contributed by atoms with Gasteiger partial charge < -0.3 is 5.32 Å². The smallest absolute Gasteiger partial charge is 0.185 e. The van der Waals surface area contributed by atoms with Crippen LogP contribution >= 0.6 is 22.9 Å². The molecule has 1 fully saturated rings. The van der Waals surface area contributed by atoms with Crippen LogP contribution in [0.5, 0.6) is 0 Å². The van der Waals surface area contributed by atoms with Gasteiger partial charge in [-0.05, 0) is 12.8 Å². The third-order valence-electron chi connectivity index (χ3n) is 2.48. The highest BCUT2D eigenvalue weighted by Gasteiger charge is 2.25. The van der Waals surface area contributed by atoms with Gasteiger partial charge in [0.15, 0.2) is 20.1 Å². The number of aromatic nitrogens is 1. The van der Waals surface area contributed by atoms with Gasteiger partial charge >= 0.3 is 0 Å². The molecule has 2 heterocycles. The van der Waals surface area contributed by atoms with Crippen molar-refractivity contribution in [3.05, 3.63) is 10.0 Å². The molecule has 1 aromatic rings. The summed E-state index contributed by atoms with van der Waals surface area (Å²) in [6.45, 7) is 0. The Morgan fingerprint density at radius 1 is 1.59 bits per heavy atom. The topological polar surface area (TPSA) is 82.9 Å². The van der Waals surface area contributed by atoms with Gasteiger partial charge in [0.1, 0.15) is 10.9 Å². The van der Waals surface area contributed by atoms with Crippen LogP contribution < -0.4 is 5.32 Å². The molecule has 1 aromatic heterocycles. The molecule has 1 saturated heterocycles. The summed E-state index contributed by atoms with van der Waals surface area (Å²) < 4.78 is 22.9. The molecule has 0 spiro atoms. The maximum atomic E-state index is 11.4. The average molecular weight is 292 g/mol. The summed E-state index contributed by atoms with van der Waals surface area (Å²) in [5, 5.41) is 12.4. The molecule has 0 aliphatic carbocycles. The van der Waals surface area contributed by atoms with E-state index in [4.69, 9.17) is 16.9 Å². The molecule has 0 aromatic carbocycles. The van der Waals surface area contributed by atoms with Gasteiger partial charge in [-0.25, -0.2) is 13.4 Å². The van der Waals surface area contributed by atoms with Crippen LogP contribution in [0.25, 0.3) is 0 Å². The Labute approximate surface area is 108 Å². The highest BCUT2D eigenvalue weighted by atomic mass is 35.5. The first-order valence-corrected chi connectivity index (χ1v) is 8.05. The molecule has 2 rings (SSSR count). The second-order valence-electron chi connectivity index (χ2n) is 3.85. The van der Waals surface area contributed by atoms with Gasteiger partial charge in [-0.1, -0.05) is 22.9 Å². The summed E-state index contributed by atoms with van der Waals surface area (Å²) in [6.07, 6.45) is 1.45. The summed E-state index contributed by atoms with van der Waals surface area (Å²) >= 11 is 6.88. The molecule has 92 valence electrons. The normalized spacial score (nSPS) is 22.9. The van der Waals surface area contributed by atoms with Gasteiger partial charge in [-0.15, -0.1) is 0 Å². The third-order valence-corrected chi connectivity index (χ3v) is 5.58. The van der Waals surface area contributed by atoms with E-state index in [2.05, 4.69) is 10.3 Å². The first-order chi connectivity index (χ1) is 8.00. The van der Waals surface area contributed by atoms with E-state index in [1.165, 1.54) is 0 Å². The standard InChI is InChI=1S/C9H10ClN3O2S2/c10-8-7(4-11)16-9(13-8)12-6-2-1-3-17(14,15)5-6/h6H,1-3,5H2,(H,12,13). The molecule has 17 heavy (non-hydrogen) atoms. The number of thiazole rings is 1. The van der Waals surface area contributed by atoms with E-state index in [-0.39, 0.29) is 22.7 Å². The van der Waals surface area contributed by atoms with E-state index >= 15 is 0 Å². The van der Waals surface area contributed by atoms with Crippen molar-refractivity contribution in [2.24, 2.45) is 0 Å². The van der Waals surface area contributed by atoms with Gasteiger partial charge in [0, 0.05) is 6.04 Å². The largest absolute Gasteiger partial charge is 0.358 e. The van der Waals surface area contributed by atoms with Crippen molar-refractivity contribution >= 4 is 37.9 Å². The lowest BCUT2D eigenvalue weighted by Gasteiger charge is -2.22. The predicted octanol–water partition coefficient (Wildman–Crippen LogP) is 1.66. The van der Waals surface area contributed by atoms with Crippen molar-refractivity contribution in [2.45, 2.75) is 18.9 Å². The van der Waals surface area contributed by atoms with Crippen molar-refractivity contribution in [3.63, 3.8) is 0 Å². The van der Waals surface area contributed by atoms with Crippen molar-refractivity contribution < 1.29 is 8.42 Å². The zero-order valence-electron chi connectivity index (χ0n) is 8.81. The average Bonchev–Trinajstić information content (AvgIpc) is 2.57. The lowest BCUT2D eigenvalue weighted by Crippen LogP contribution is -2.34. The highest BCUT2D eigenvalue weighted by Crippen LogP contribution is 2.27. The van der Waals surface area contributed by atoms with E-state index in [0.29, 0.717) is 16.4 Å². The zero-order valence-corrected chi connectivity index (χ0v) is 11.2. The van der Waals surface area contributed by atoms with Crippen molar-refractivity contribution in [1.82, 2.24) is 4.98 Å². The fourth-order valence-electron chi connectivity index (χ4n) is 1.74. The SMILES string of the molecule is N#Cc1sc(NC2CCCS(=O)(=O)C2)nc1Cl. The number of nitrogens with one attached hydrogen (secondary N) is 1. The Morgan fingerprint density at radius 3 is 2.94 bits per heavy atom. The molecule has 1 N–H and O–H groups in total. The van der Waals surface area contributed by atoms with E-state index in [1.54, 1.807) is 0 Å². The third kappa shape index (κ3) is 3.09. The van der Waals surface area contributed by atoms with Crippen LogP contribution in [0.1, 0.15) is 17.7 Å². The number of hydrogen-bond acceptors (Lipinski definition) is 6. The Hall–Kier alpha value is -0.840. The van der Waals surface area contributed by atoms with Crippen LogP contribution in [0.2, 0.25) is 5.15 Å². The molecule has 0 amide bonds. The molecule has 0 bridgehead atoms. The lowest BCUT2D eigenvalue weighted by atomic mass is 10.2. The fraction of sp³-hybridized carbons (Fsp3) is 0.556. The minimum atomic E-state index is -2.94. The summed E-state index contributed by atoms with van der Waals surface area (Å²) in [7, 11) is -2.94. The van der Waals surface area contributed by atoms with Gasteiger partial charge in [-0.2, -0.15) is 5.26 Å². The molecule has 0 radical (unpaired) electrons. The van der Waals surface area contributed by atoms with E-state index < -0.39 is 9.84 Å². The molecule has 0 saturated carbocycles. The van der Waals surface area contributed by atoms with E-state index in [1.807, 2.05) is 6.07 Å². The molecular weight excluding hydrogens is 282 g/mol. The quantitative estimate of drug-likeness (QED) is 0.896. The Morgan fingerprint density at radius 2 is 2.35 bits per heavy atom. The molecule has 1 unspecified atom stereocenters. The van der Waals surface area contributed by atoms with E-state index in [9.17, 15) is 8.42 Å². The van der Waals surface area contributed by atoms with Crippen molar-refractivity contribution in [1.29, 1.82) is 5.26 Å². The van der Waals surface area contributed by atoms with Crippen LogP contribution in [-0.4, -0.2) is 30.9 Å². The highest BCUT2D eigenvalue weighted by molar-refractivity contribution is 7.91. The Balaban J connectivity index is 2.08. The first-order valence-electron chi connectivity index (χ1n) is 5.03. The van der Waals surface area contributed by atoms with E-state index in [0.717, 1.165) is 17.8 Å². The lowest BCUT2D eigenvalue weighted by molar-refractivity contribution is 0.562. The van der Waals surface area contributed by atoms with Gasteiger partial charge in [0.25, 0.3) is 0 Å². The first kappa shape index (κ1) is 12.6. The zero-order chi connectivity index (χ0) is 12.5. The minimum absolute atomic E-state index is 0.117. The van der Waals surface area contributed by atoms with Gasteiger partial charge in [-0.3, -0.25) is 0 Å². The van der Waals surface area contributed by atoms with Crippen molar-refractivity contribution in [3.8, 4) is 6.07 Å². The number of nitriles is 1. The van der Waals surface area contributed by atoms with Gasteiger partial charge in [0.2, 0.25) is 0 Å². The number of sulfone groups is 1. The molecule has 5 nitrogen and oxygen atoms in total. The van der Waals surface area contributed by atoms with Crippen LogP contribution in [0.15, 0.2) is 0 Å². The summed E-state index contributed by atoms with van der Waals surface area (Å²) in [6, 6.07) is 1.80. The Bertz CT molecular complexity index is 561. The molecule has 1 aliphatic heterocycles. The van der Waals surface area contributed by atoms with Crippen LogP contribution in [0.3, 0.4) is 0 Å². The maximum Gasteiger partial charge on any atom is 0.185 e. The number of hydrogen-bond donors (Lipinski definition) is 1. The van der Waals surface area contributed by atoms with Crippen molar-refractivity contribution in [2.75, 3.05) is 16.8 Å². The van der Waals surface area contributed by atoms with Crippen LogP contribution in [-0.2, 0) is 9.84 Å². The predicted molar refractivity (Wildman–Crippen MR) is 67.1 cm³/mol. The summed E-state index contributed by atoms with van der Waals surface area (Å²) in [5.74, 6) is 0.374. The summed E-state index contributed by atoms with van der Waals surface area (Å²) in [5.41, 5.74) is 0. The van der Waals surface area contributed by atoms with Gasteiger partial charge in [0.05, 0.1) is 11.5 Å². The second-order valence-corrected chi connectivity index (χ2v) is 7.43. The monoisotopic (exact) mass is 291 g/mol. The van der Waals surface area contributed by atoms with Crippen LogP contribution in [0.4, 0.5) is 5.13 Å². The number of rotatable bonds is 2. The maximum absolute atomic E-state index is 11.4. The number of nitrogens with zero attached hydrogens (tertiary/aromatic N) is 2. The molecule has 1 atom stereocenters. The fourth-order valence-corrected chi connectivity index (χ4v) is 4.40. The Kier molecular flexibility index (Phi) is 3.56. The molecular formula is C9H10ClN3O2S2. The second kappa shape index (κ2) is 4.80. The number of halogens is 1. The summed E-state index contributed by atoms with van der Waals surface area (Å²) in [4.78, 5) is 4.32. The number of anilines is 1.